The van der Waals surface area contributed by atoms with E-state index in [4.69, 9.17) is 4.42 Å². The first-order valence-electron chi connectivity index (χ1n) is 10.3. The number of guanidine groups is 1. The Morgan fingerprint density at radius 1 is 1.17 bits per heavy atom. The van der Waals surface area contributed by atoms with Crippen molar-refractivity contribution in [3.8, 4) is 0 Å². The van der Waals surface area contributed by atoms with Gasteiger partial charge < -0.3 is 20.4 Å². The van der Waals surface area contributed by atoms with Gasteiger partial charge in [0.05, 0.1) is 6.26 Å². The molecule has 1 aromatic heterocycles. The molecule has 1 atom stereocenters. The van der Waals surface area contributed by atoms with Crippen LogP contribution in [0.4, 0.5) is 0 Å². The summed E-state index contributed by atoms with van der Waals surface area (Å²) in [5.41, 5.74) is 2.55. The summed E-state index contributed by atoms with van der Waals surface area (Å²) in [5, 5.41) is 9.82. The standard InChI is InChI=1S/C23H32N4O2/c1-23(2,3)27-21(28)16-25-22(24-13-12-20-9-6-14-29-20)26-19-11-10-17-7-4-5-8-18(17)15-19/h4-9,14,19H,10-13,15-16H2,1-3H3,(H,27,28)(H2,24,25,26). The van der Waals surface area contributed by atoms with Crippen molar-refractivity contribution < 1.29 is 9.21 Å². The number of fused-ring (bicyclic) bond motifs is 1. The SMILES string of the molecule is CC(C)(C)NC(=O)CN=C(NCCc1ccco1)NC1CCc2ccccc2C1. The summed E-state index contributed by atoms with van der Waals surface area (Å²) in [6.07, 6.45) is 5.50. The second-order valence-corrected chi connectivity index (χ2v) is 8.57. The van der Waals surface area contributed by atoms with Crippen LogP contribution < -0.4 is 16.0 Å². The number of aryl methyl sites for hydroxylation is 1. The Balaban J connectivity index is 1.60. The zero-order chi connectivity index (χ0) is 20.7. The van der Waals surface area contributed by atoms with Crippen LogP contribution in [0.3, 0.4) is 0 Å². The first-order chi connectivity index (χ1) is 13.9. The minimum absolute atomic E-state index is 0.0846. The van der Waals surface area contributed by atoms with Crippen molar-refractivity contribution in [3.05, 3.63) is 59.5 Å². The van der Waals surface area contributed by atoms with Gasteiger partial charge in [0.25, 0.3) is 0 Å². The van der Waals surface area contributed by atoms with E-state index >= 15 is 0 Å². The van der Waals surface area contributed by atoms with Crippen LogP contribution in [0.25, 0.3) is 0 Å². The van der Waals surface area contributed by atoms with Gasteiger partial charge in [-0.25, -0.2) is 4.99 Å². The molecule has 29 heavy (non-hydrogen) atoms. The number of carbonyl (C=O) groups is 1. The number of furan rings is 1. The Morgan fingerprint density at radius 3 is 2.69 bits per heavy atom. The van der Waals surface area contributed by atoms with Crippen molar-refractivity contribution in [2.24, 2.45) is 4.99 Å². The van der Waals surface area contributed by atoms with E-state index in [1.54, 1.807) is 6.26 Å². The topological polar surface area (TPSA) is 78.7 Å². The Bertz CT molecular complexity index is 822. The minimum Gasteiger partial charge on any atom is -0.469 e. The van der Waals surface area contributed by atoms with E-state index in [1.165, 1.54) is 11.1 Å². The Morgan fingerprint density at radius 2 is 1.97 bits per heavy atom. The highest BCUT2D eigenvalue weighted by molar-refractivity contribution is 5.85. The molecular weight excluding hydrogens is 364 g/mol. The first kappa shape index (κ1) is 21.0. The van der Waals surface area contributed by atoms with Crippen molar-refractivity contribution >= 4 is 11.9 Å². The summed E-state index contributed by atoms with van der Waals surface area (Å²) < 4.78 is 5.39. The number of rotatable bonds is 6. The Kier molecular flexibility index (Phi) is 6.96. The highest BCUT2D eigenvalue weighted by Gasteiger charge is 2.19. The molecule has 3 N–H and O–H groups in total. The molecule has 6 heteroatoms. The normalized spacial score (nSPS) is 16.8. The summed E-state index contributed by atoms with van der Waals surface area (Å²) in [6, 6.07) is 12.7. The van der Waals surface area contributed by atoms with Gasteiger partial charge in [-0.3, -0.25) is 4.79 Å². The molecule has 6 nitrogen and oxygen atoms in total. The molecule has 1 aromatic carbocycles. The quantitative estimate of drug-likeness (QED) is 0.518. The number of nitrogens with zero attached hydrogens (tertiary/aromatic N) is 1. The Hall–Kier alpha value is -2.76. The van der Waals surface area contributed by atoms with Gasteiger partial charge in [-0.1, -0.05) is 24.3 Å². The highest BCUT2D eigenvalue weighted by atomic mass is 16.3. The monoisotopic (exact) mass is 396 g/mol. The molecule has 1 amide bonds. The number of amides is 1. The number of aliphatic imine (C=N–C) groups is 1. The summed E-state index contributed by atoms with van der Waals surface area (Å²) in [6.45, 7) is 6.68. The van der Waals surface area contributed by atoms with Gasteiger partial charge >= 0.3 is 0 Å². The summed E-state index contributed by atoms with van der Waals surface area (Å²) >= 11 is 0. The fourth-order valence-electron chi connectivity index (χ4n) is 3.53. The summed E-state index contributed by atoms with van der Waals surface area (Å²) in [7, 11) is 0. The Labute approximate surface area is 173 Å². The number of carbonyl (C=O) groups excluding carboxylic acids is 1. The van der Waals surface area contributed by atoms with Crippen molar-refractivity contribution in [1.29, 1.82) is 0 Å². The molecule has 0 saturated carbocycles. The van der Waals surface area contributed by atoms with Crippen LogP contribution in [0.1, 0.15) is 44.1 Å². The molecule has 0 aliphatic heterocycles. The van der Waals surface area contributed by atoms with Crippen LogP contribution in [0, 0.1) is 0 Å². The summed E-state index contributed by atoms with van der Waals surface area (Å²) in [4.78, 5) is 16.7. The molecule has 0 fully saturated rings. The lowest BCUT2D eigenvalue weighted by Crippen LogP contribution is -2.47. The smallest absolute Gasteiger partial charge is 0.242 e. The fourth-order valence-corrected chi connectivity index (χ4v) is 3.53. The highest BCUT2D eigenvalue weighted by Crippen LogP contribution is 2.20. The van der Waals surface area contributed by atoms with Gasteiger partial charge in [-0.15, -0.1) is 0 Å². The van der Waals surface area contributed by atoms with Gasteiger partial charge in [-0.05, 0) is 63.3 Å². The molecular formula is C23H32N4O2. The lowest BCUT2D eigenvalue weighted by atomic mass is 9.88. The van der Waals surface area contributed by atoms with E-state index in [9.17, 15) is 4.79 Å². The van der Waals surface area contributed by atoms with Crippen LogP contribution in [0.5, 0.6) is 0 Å². The first-order valence-corrected chi connectivity index (χ1v) is 10.3. The molecule has 1 aliphatic carbocycles. The molecule has 0 spiro atoms. The van der Waals surface area contributed by atoms with Crippen LogP contribution in [0.2, 0.25) is 0 Å². The zero-order valence-corrected chi connectivity index (χ0v) is 17.6. The predicted molar refractivity (Wildman–Crippen MR) is 116 cm³/mol. The molecule has 1 heterocycles. The molecule has 3 rings (SSSR count). The van der Waals surface area contributed by atoms with Crippen molar-refractivity contribution in [2.45, 2.75) is 58.0 Å². The van der Waals surface area contributed by atoms with E-state index < -0.39 is 0 Å². The van der Waals surface area contributed by atoms with E-state index in [0.717, 1.165) is 31.4 Å². The molecule has 1 aliphatic rings. The lowest BCUT2D eigenvalue weighted by Gasteiger charge is -2.27. The minimum atomic E-state index is -0.264. The molecule has 0 saturated heterocycles. The van der Waals surface area contributed by atoms with Crippen molar-refractivity contribution in [3.63, 3.8) is 0 Å². The molecule has 1 unspecified atom stereocenters. The maximum Gasteiger partial charge on any atom is 0.242 e. The molecule has 0 bridgehead atoms. The van der Waals surface area contributed by atoms with Crippen LogP contribution >= 0.6 is 0 Å². The zero-order valence-electron chi connectivity index (χ0n) is 17.6. The molecule has 2 aromatic rings. The number of hydrogen-bond donors (Lipinski definition) is 3. The van der Waals surface area contributed by atoms with Crippen LogP contribution in [-0.4, -0.2) is 36.5 Å². The fraction of sp³-hybridized carbons (Fsp3) is 0.478. The molecule has 0 radical (unpaired) electrons. The van der Waals surface area contributed by atoms with Crippen LogP contribution in [0.15, 0.2) is 52.1 Å². The second kappa shape index (κ2) is 9.63. The second-order valence-electron chi connectivity index (χ2n) is 8.57. The maximum absolute atomic E-state index is 12.2. The van der Waals surface area contributed by atoms with Crippen LogP contribution in [-0.2, 0) is 24.1 Å². The third kappa shape index (κ3) is 6.97. The van der Waals surface area contributed by atoms with Gasteiger partial charge in [0, 0.05) is 24.5 Å². The lowest BCUT2D eigenvalue weighted by molar-refractivity contribution is -0.121. The average molecular weight is 397 g/mol. The van der Waals surface area contributed by atoms with E-state index in [-0.39, 0.29) is 18.0 Å². The van der Waals surface area contributed by atoms with Gasteiger partial charge in [-0.2, -0.15) is 0 Å². The average Bonchev–Trinajstić information content (AvgIpc) is 3.18. The number of nitrogens with one attached hydrogen (secondary N) is 3. The maximum atomic E-state index is 12.2. The van der Waals surface area contributed by atoms with Gasteiger partial charge in [0.15, 0.2) is 5.96 Å². The molecule has 156 valence electrons. The van der Waals surface area contributed by atoms with Gasteiger partial charge in [0.2, 0.25) is 5.91 Å². The summed E-state index contributed by atoms with van der Waals surface area (Å²) in [5.74, 6) is 1.51. The van der Waals surface area contributed by atoms with E-state index in [0.29, 0.717) is 18.5 Å². The largest absolute Gasteiger partial charge is 0.469 e. The predicted octanol–water partition coefficient (Wildman–Crippen LogP) is 2.83. The third-order valence-corrected chi connectivity index (χ3v) is 4.83. The van der Waals surface area contributed by atoms with Crippen molar-refractivity contribution in [1.82, 2.24) is 16.0 Å². The number of benzene rings is 1. The van der Waals surface area contributed by atoms with E-state index in [1.807, 2.05) is 32.9 Å². The third-order valence-electron chi connectivity index (χ3n) is 4.83. The van der Waals surface area contributed by atoms with Gasteiger partial charge in [0.1, 0.15) is 12.3 Å². The number of hydrogen-bond acceptors (Lipinski definition) is 3. The van der Waals surface area contributed by atoms with E-state index in [2.05, 4.69) is 45.2 Å². The van der Waals surface area contributed by atoms with Crippen molar-refractivity contribution in [2.75, 3.05) is 13.1 Å².